The number of carbonyl (C=O) groups excluding carboxylic acids is 2. The van der Waals surface area contributed by atoms with Gasteiger partial charge in [-0.15, -0.1) is 11.3 Å². The first-order chi connectivity index (χ1) is 11.3. The molecule has 0 saturated heterocycles. The highest BCUT2D eigenvalue weighted by Crippen LogP contribution is 2.25. The average Bonchev–Trinajstić information content (AvgIpc) is 2.95. The highest BCUT2D eigenvalue weighted by molar-refractivity contribution is 7.14. The standard InChI is InChI=1S/C15H15N3O5S/c1-8-7-10(3-4-12(8)18(21)22)23-9(2)14(20)17-15-11(13(16)19)5-6-24-15/h3-7,9H,1-2H3,(H2,16,19)(H,17,20)/t9-/m0/s1. The summed E-state index contributed by atoms with van der Waals surface area (Å²) in [6, 6.07) is 5.75. The number of hydrogen-bond donors (Lipinski definition) is 2. The molecular formula is C15H15N3O5S. The zero-order valence-electron chi connectivity index (χ0n) is 12.9. The summed E-state index contributed by atoms with van der Waals surface area (Å²) in [7, 11) is 0. The zero-order valence-corrected chi connectivity index (χ0v) is 13.8. The maximum Gasteiger partial charge on any atom is 0.272 e. The Morgan fingerprint density at radius 1 is 1.38 bits per heavy atom. The van der Waals surface area contributed by atoms with E-state index in [2.05, 4.69) is 5.32 Å². The van der Waals surface area contributed by atoms with E-state index in [-0.39, 0.29) is 11.3 Å². The van der Waals surface area contributed by atoms with Gasteiger partial charge >= 0.3 is 0 Å². The number of nitro benzene ring substituents is 1. The lowest BCUT2D eigenvalue weighted by atomic mass is 10.2. The van der Waals surface area contributed by atoms with Gasteiger partial charge in [0.25, 0.3) is 17.5 Å². The number of ether oxygens (including phenoxy) is 1. The van der Waals surface area contributed by atoms with Crippen molar-refractivity contribution in [2.24, 2.45) is 5.73 Å². The van der Waals surface area contributed by atoms with Gasteiger partial charge < -0.3 is 15.8 Å². The second-order valence-electron chi connectivity index (χ2n) is 4.98. The molecule has 0 aliphatic carbocycles. The van der Waals surface area contributed by atoms with Gasteiger partial charge in [0.05, 0.1) is 10.5 Å². The molecule has 1 heterocycles. The summed E-state index contributed by atoms with van der Waals surface area (Å²) >= 11 is 1.17. The number of amides is 2. The Hall–Kier alpha value is -2.94. The Bertz CT molecular complexity index is 802. The molecule has 0 unspecified atom stereocenters. The van der Waals surface area contributed by atoms with Crippen LogP contribution in [0.25, 0.3) is 0 Å². The van der Waals surface area contributed by atoms with Gasteiger partial charge in [-0.2, -0.15) is 0 Å². The molecule has 9 heteroatoms. The summed E-state index contributed by atoms with van der Waals surface area (Å²) < 4.78 is 5.49. The largest absolute Gasteiger partial charge is 0.481 e. The fourth-order valence-electron chi connectivity index (χ4n) is 1.98. The minimum atomic E-state index is -0.867. The molecule has 0 radical (unpaired) electrons. The van der Waals surface area contributed by atoms with Gasteiger partial charge in [0.2, 0.25) is 0 Å². The highest BCUT2D eigenvalue weighted by Gasteiger charge is 2.19. The van der Waals surface area contributed by atoms with E-state index in [0.29, 0.717) is 16.3 Å². The number of thiophene rings is 1. The van der Waals surface area contributed by atoms with Crippen LogP contribution in [-0.4, -0.2) is 22.8 Å². The van der Waals surface area contributed by atoms with Crippen molar-refractivity contribution >= 4 is 33.8 Å². The van der Waals surface area contributed by atoms with Crippen LogP contribution in [0, 0.1) is 17.0 Å². The van der Waals surface area contributed by atoms with E-state index >= 15 is 0 Å². The number of rotatable bonds is 6. The summed E-state index contributed by atoms with van der Waals surface area (Å²) in [6.45, 7) is 3.12. The smallest absolute Gasteiger partial charge is 0.272 e. The summed E-state index contributed by atoms with van der Waals surface area (Å²) in [4.78, 5) is 33.7. The SMILES string of the molecule is Cc1cc(O[C@@H](C)C(=O)Nc2sccc2C(N)=O)ccc1[N+](=O)[O-]. The van der Waals surface area contributed by atoms with Gasteiger partial charge in [0, 0.05) is 11.6 Å². The number of anilines is 1. The maximum atomic E-state index is 12.2. The summed E-state index contributed by atoms with van der Waals surface area (Å²) in [5.74, 6) is -0.760. The Morgan fingerprint density at radius 2 is 2.08 bits per heavy atom. The number of primary amides is 1. The molecular weight excluding hydrogens is 334 g/mol. The van der Waals surface area contributed by atoms with E-state index in [1.54, 1.807) is 12.3 Å². The van der Waals surface area contributed by atoms with Crippen LogP contribution < -0.4 is 15.8 Å². The molecule has 2 rings (SSSR count). The van der Waals surface area contributed by atoms with E-state index in [0.717, 1.165) is 0 Å². The number of nitrogens with one attached hydrogen (secondary N) is 1. The van der Waals surface area contributed by atoms with Crippen molar-refractivity contribution in [2.45, 2.75) is 20.0 Å². The summed E-state index contributed by atoms with van der Waals surface area (Å²) in [5, 5.41) is 15.4. The van der Waals surface area contributed by atoms with Crippen LogP contribution >= 0.6 is 11.3 Å². The molecule has 3 N–H and O–H groups in total. The van der Waals surface area contributed by atoms with E-state index in [4.69, 9.17) is 10.5 Å². The third-order valence-corrected chi connectivity index (χ3v) is 4.04. The van der Waals surface area contributed by atoms with Gasteiger partial charge in [-0.05, 0) is 37.4 Å². The van der Waals surface area contributed by atoms with E-state index < -0.39 is 22.8 Å². The van der Waals surface area contributed by atoms with Crippen molar-refractivity contribution in [3.8, 4) is 5.75 Å². The zero-order chi connectivity index (χ0) is 17.9. The summed E-state index contributed by atoms with van der Waals surface area (Å²) in [6.07, 6.45) is -0.867. The van der Waals surface area contributed by atoms with Crippen molar-refractivity contribution in [3.63, 3.8) is 0 Å². The lowest BCUT2D eigenvalue weighted by Crippen LogP contribution is -2.30. The number of benzene rings is 1. The van der Waals surface area contributed by atoms with Gasteiger partial charge in [-0.25, -0.2) is 0 Å². The second kappa shape index (κ2) is 7.09. The number of carbonyl (C=O) groups is 2. The monoisotopic (exact) mass is 349 g/mol. The fraction of sp³-hybridized carbons (Fsp3) is 0.200. The quantitative estimate of drug-likeness (QED) is 0.612. The molecule has 0 fully saturated rings. The Labute approximate surface area is 141 Å². The Morgan fingerprint density at radius 3 is 2.67 bits per heavy atom. The minimum Gasteiger partial charge on any atom is -0.481 e. The lowest BCUT2D eigenvalue weighted by molar-refractivity contribution is -0.385. The molecule has 2 amide bonds. The first-order valence-electron chi connectivity index (χ1n) is 6.89. The summed E-state index contributed by atoms with van der Waals surface area (Å²) in [5.41, 5.74) is 5.85. The van der Waals surface area contributed by atoms with Crippen LogP contribution in [0.15, 0.2) is 29.6 Å². The van der Waals surface area contributed by atoms with Crippen molar-refractivity contribution in [1.82, 2.24) is 0 Å². The van der Waals surface area contributed by atoms with Crippen molar-refractivity contribution in [1.29, 1.82) is 0 Å². The van der Waals surface area contributed by atoms with Crippen LogP contribution in [0.3, 0.4) is 0 Å². The maximum absolute atomic E-state index is 12.2. The molecule has 0 saturated carbocycles. The molecule has 1 atom stereocenters. The topological polar surface area (TPSA) is 125 Å². The number of aryl methyl sites for hydroxylation is 1. The van der Waals surface area contributed by atoms with E-state index in [1.165, 1.54) is 42.5 Å². The van der Waals surface area contributed by atoms with Crippen LogP contribution in [0.2, 0.25) is 0 Å². The highest BCUT2D eigenvalue weighted by atomic mass is 32.1. The fourth-order valence-corrected chi connectivity index (χ4v) is 2.77. The normalized spacial score (nSPS) is 11.6. The van der Waals surface area contributed by atoms with Crippen LogP contribution in [0.5, 0.6) is 5.75 Å². The van der Waals surface area contributed by atoms with Gasteiger partial charge in [-0.1, -0.05) is 0 Å². The molecule has 0 aliphatic heterocycles. The first-order valence-corrected chi connectivity index (χ1v) is 7.77. The number of nitro groups is 1. The van der Waals surface area contributed by atoms with Crippen LogP contribution in [0.1, 0.15) is 22.8 Å². The van der Waals surface area contributed by atoms with E-state index in [1.807, 2.05) is 0 Å². The number of hydrogen-bond acceptors (Lipinski definition) is 6. The van der Waals surface area contributed by atoms with Gasteiger partial charge in [0.15, 0.2) is 6.10 Å². The van der Waals surface area contributed by atoms with Crippen molar-refractivity contribution in [3.05, 3.63) is 50.9 Å². The molecule has 24 heavy (non-hydrogen) atoms. The Balaban J connectivity index is 2.06. The molecule has 0 aliphatic rings. The molecule has 2 aromatic rings. The van der Waals surface area contributed by atoms with Gasteiger partial charge in [-0.3, -0.25) is 19.7 Å². The van der Waals surface area contributed by atoms with Crippen molar-refractivity contribution < 1.29 is 19.2 Å². The van der Waals surface area contributed by atoms with E-state index in [9.17, 15) is 19.7 Å². The molecule has 8 nitrogen and oxygen atoms in total. The third-order valence-electron chi connectivity index (χ3n) is 3.21. The molecule has 0 bridgehead atoms. The molecule has 0 spiro atoms. The van der Waals surface area contributed by atoms with Crippen LogP contribution in [0.4, 0.5) is 10.7 Å². The van der Waals surface area contributed by atoms with Crippen molar-refractivity contribution in [2.75, 3.05) is 5.32 Å². The number of nitrogens with zero attached hydrogens (tertiary/aromatic N) is 1. The lowest BCUT2D eigenvalue weighted by Gasteiger charge is -2.15. The molecule has 1 aromatic heterocycles. The average molecular weight is 349 g/mol. The van der Waals surface area contributed by atoms with Crippen LogP contribution in [-0.2, 0) is 4.79 Å². The van der Waals surface area contributed by atoms with Gasteiger partial charge in [0.1, 0.15) is 10.8 Å². The second-order valence-corrected chi connectivity index (χ2v) is 5.90. The molecule has 1 aromatic carbocycles. The number of nitrogens with two attached hydrogens (primary N) is 1. The predicted molar refractivity (Wildman–Crippen MR) is 89.4 cm³/mol. The Kier molecular flexibility index (Phi) is 5.14. The third kappa shape index (κ3) is 3.87. The molecule has 126 valence electrons. The predicted octanol–water partition coefficient (Wildman–Crippen LogP) is 2.47. The minimum absolute atomic E-state index is 0.0239. The first kappa shape index (κ1) is 17.4.